The number of rotatable bonds is 1. The number of pyridine rings is 1. The summed E-state index contributed by atoms with van der Waals surface area (Å²) in [5, 5.41) is 4.19. The summed E-state index contributed by atoms with van der Waals surface area (Å²) in [5.41, 5.74) is 1.81. The van der Waals surface area contributed by atoms with E-state index >= 15 is 0 Å². The van der Waals surface area contributed by atoms with Crippen molar-refractivity contribution < 1.29 is 4.39 Å². The van der Waals surface area contributed by atoms with E-state index in [2.05, 4.69) is 31.1 Å². The number of aromatic nitrogens is 1. The Balaban J connectivity index is 2.52. The molecule has 1 aromatic carbocycles. The third-order valence-electron chi connectivity index (χ3n) is 2.48. The van der Waals surface area contributed by atoms with Gasteiger partial charge >= 0.3 is 0 Å². The number of fused-ring (bicyclic) bond motifs is 1. The van der Waals surface area contributed by atoms with Gasteiger partial charge in [-0.05, 0) is 57.5 Å². The van der Waals surface area contributed by atoms with Gasteiger partial charge in [-0.2, -0.15) is 0 Å². The number of halogens is 1. The van der Waals surface area contributed by atoms with Crippen LogP contribution in [-0.4, -0.2) is 10.5 Å². The third kappa shape index (κ3) is 2.73. The fraction of sp³-hybridized carbons (Fsp3) is 0.357. The lowest BCUT2D eigenvalue weighted by Gasteiger charge is -2.22. The molecule has 2 aromatic rings. The molecule has 0 atom stereocenters. The van der Waals surface area contributed by atoms with Crippen molar-refractivity contribution in [2.75, 3.05) is 5.32 Å². The lowest BCUT2D eigenvalue weighted by atomic mass is 10.1. The van der Waals surface area contributed by atoms with Crippen molar-refractivity contribution in [1.82, 2.24) is 4.98 Å². The lowest BCUT2D eigenvalue weighted by molar-refractivity contribution is 0.628. The molecule has 90 valence electrons. The maximum Gasteiger partial charge on any atom is 0.127 e. The Morgan fingerprint density at radius 1 is 1.18 bits per heavy atom. The molecule has 0 unspecified atom stereocenters. The SMILES string of the molecule is Cc1cc(NC(C)(C)C)nc2ccc(F)cc12. The van der Waals surface area contributed by atoms with E-state index in [-0.39, 0.29) is 11.4 Å². The molecule has 1 aromatic heterocycles. The van der Waals surface area contributed by atoms with E-state index in [1.807, 2.05) is 13.0 Å². The van der Waals surface area contributed by atoms with Crippen molar-refractivity contribution >= 4 is 16.7 Å². The van der Waals surface area contributed by atoms with Crippen LogP contribution in [0.5, 0.6) is 0 Å². The van der Waals surface area contributed by atoms with E-state index in [9.17, 15) is 4.39 Å². The van der Waals surface area contributed by atoms with Gasteiger partial charge in [0.25, 0.3) is 0 Å². The second-order valence-electron chi connectivity index (χ2n) is 5.36. The molecule has 0 aliphatic heterocycles. The summed E-state index contributed by atoms with van der Waals surface area (Å²) >= 11 is 0. The summed E-state index contributed by atoms with van der Waals surface area (Å²) in [6.07, 6.45) is 0. The first-order valence-electron chi connectivity index (χ1n) is 5.70. The minimum absolute atomic E-state index is 0.0346. The van der Waals surface area contributed by atoms with Crippen LogP contribution in [0.25, 0.3) is 10.9 Å². The molecule has 3 heteroatoms. The molecule has 17 heavy (non-hydrogen) atoms. The van der Waals surface area contributed by atoms with Crippen LogP contribution in [0, 0.1) is 12.7 Å². The van der Waals surface area contributed by atoms with Crippen molar-refractivity contribution in [3.63, 3.8) is 0 Å². The second-order valence-corrected chi connectivity index (χ2v) is 5.36. The molecule has 0 aliphatic rings. The molecule has 0 fully saturated rings. The predicted octanol–water partition coefficient (Wildman–Crippen LogP) is 3.89. The number of aryl methyl sites for hydroxylation is 1. The summed E-state index contributed by atoms with van der Waals surface area (Å²) in [4.78, 5) is 4.48. The van der Waals surface area contributed by atoms with Crippen LogP contribution in [0.1, 0.15) is 26.3 Å². The second kappa shape index (κ2) is 3.99. The van der Waals surface area contributed by atoms with Gasteiger partial charge in [-0.15, -0.1) is 0 Å². The van der Waals surface area contributed by atoms with E-state index in [0.717, 1.165) is 22.3 Å². The Hall–Kier alpha value is -1.64. The zero-order chi connectivity index (χ0) is 12.6. The molecule has 2 nitrogen and oxygen atoms in total. The van der Waals surface area contributed by atoms with Crippen molar-refractivity contribution in [1.29, 1.82) is 0 Å². The van der Waals surface area contributed by atoms with Gasteiger partial charge in [-0.3, -0.25) is 0 Å². The number of anilines is 1. The molecule has 0 radical (unpaired) electrons. The van der Waals surface area contributed by atoms with Crippen LogP contribution >= 0.6 is 0 Å². The molecule has 0 amide bonds. The first kappa shape index (κ1) is 11.8. The Kier molecular flexibility index (Phi) is 2.77. The van der Waals surface area contributed by atoms with Gasteiger partial charge in [0.05, 0.1) is 5.52 Å². The molecule has 0 aliphatic carbocycles. The Morgan fingerprint density at radius 3 is 2.53 bits per heavy atom. The van der Waals surface area contributed by atoms with Crippen molar-refractivity contribution in [3.05, 3.63) is 35.6 Å². The third-order valence-corrected chi connectivity index (χ3v) is 2.48. The normalized spacial score (nSPS) is 11.8. The van der Waals surface area contributed by atoms with E-state index in [0.29, 0.717) is 0 Å². The molecule has 0 saturated carbocycles. The minimum atomic E-state index is -0.223. The number of hydrogen-bond acceptors (Lipinski definition) is 2. The van der Waals surface area contributed by atoms with Crippen LogP contribution in [0.4, 0.5) is 10.2 Å². The largest absolute Gasteiger partial charge is 0.365 e. The molecule has 1 N–H and O–H groups in total. The fourth-order valence-corrected chi connectivity index (χ4v) is 1.81. The molecule has 0 spiro atoms. The van der Waals surface area contributed by atoms with Gasteiger partial charge in [0.15, 0.2) is 0 Å². The summed E-state index contributed by atoms with van der Waals surface area (Å²) < 4.78 is 13.1. The first-order chi connectivity index (χ1) is 7.85. The lowest BCUT2D eigenvalue weighted by Crippen LogP contribution is -2.26. The Bertz CT molecular complexity index is 556. The van der Waals surface area contributed by atoms with Gasteiger partial charge in [-0.1, -0.05) is 0 Å². The van der Waals surface area contributed by atoms with Crippen molar-refractivity contribution in [2.45, 2.75) is 33.2 Å². The molecule has 0 bridgehead atoms. The van der Waals surface area contributed by atoms with E-state index < -0.39 is 0 Å². The summed E-state index contributed by atoms with van der Waals surface area (Å²) in [6, 6.07) is 6.63. The van der Waals surface area contributed by atoms with Gasteiger partial charge in [0.1, 0.15) is 11.6 Å². The highest BCUT2D eigenvalue weighted by atomic mass is 19.1. The van der Waals surface area contributed by atoms with Crippen molar-refractivity contribution in [3.8, 4) is 0 Å². The molecule has 2 rings (SSSR count). The first-order valence-corrected chi connectivity index (χ1v) is 5.70. The smallest absolute Gasteiger partial charge is 0.127 e. The number of nitrogens with one attached hydrogen (secondary N) is 1. The molecule has 1 heterocycles. The molecular weight excluding hydrogens is 215 g/mol. The minimum Gasteiger partial charge on any atom is -0.365 e. The topological polar surface area (TPSA) is 24.9 Å². The number of hydrogen-bond donors (Lipinski definition) is 1. The van der Waals surface area contributed by atoms with Crippen LogP contribution in [-0.2, 0) is 0 Å². The van der Waals surface area contributed by atoms with Gasteiger partial charge in [-0.25, -0.2) is 9.37 Å². The average Bonchev–Trinajstić information content (AvgIpc) is 2.17. The molecule has 0 saturated heterocycles. The highest BCUT2D eigenvalue weighted by Gasteiger charge is 2.11. The number of benzene rings is 1. The maximum absolute atomic E-state index is 13.1. The van der Waals surface area contributed by atoms with Crippen molar-refractivity contribution in [2.24, 2.45) is 0 Å². The fourth-order valence-electron chi connectivity index (χ4n) is 1.81. The van der Waals surface area contributed by atoms with Gasteiger partial charge in [0.2, 0.25) is 0 Å². The molecular formula is C14H17FN2. The van der Waals surface area contributed by atoms with E-state index in [4.69, 9.17) is 0 Å². The van der Waals surface area contributed by atoms with Crippen LogP contribution in [0.3, 0.4) is 0 Å². The average molecular weight is 232 g/mol. The highest BCUT2D eigenvalue weighted by Crippen LogP contribution is 2.22. The van der Waals surface area contributed by atoms with Crippen LogP contribution in [0.2, 0.25) is 0 Å². The summed E-state index contributed by atoms with van der Waals surface area (Å²) in [6.45, 7) is 8.22. The summed E-state index contributed by atoms with van der Waals surface area (Å²) in [5.74, 6) is 0.605. The predicted molar refractivity (Wildman–Crippen MR) is 69.8 cm³/mol. The maximum atomic E-state index is 13.1. The Morgan fingerprint density at radius 2 is 1.88 bits per heavy atom. The summed E-state index contributed by atoms with van der Waals surface area (Å²) in [7, 11) is 0. The Labute approximate surface area is 101 Å². The van der Waals surface area contributed by atoms with Gasteiger partial charge in [0, 0.05) is 10.9 Å². The highest BCUT2D eigenvalue weighted by molar-refractivity contribution is 5.83. The van der Waals surface area contributed by atoms with E-state index in [1.54, 1.807) is 6.07 Å². The zero-order valence-corrected chi connectivity index (χ0v) is 10.6. The van der Waals surface area contributed by atoms with E-state index in [1.165, 1.54) is 12.1 Å². The van der Waals surface area contributed by atoms with Crippen LogP contribution < -0.4 is 5.32 Å². The van der Waals surface area contributed by atoms with Crippen LogP contribution in [0.15, 0.2) is 24.3 Å². The standard InChI is InChI=1S/C14H17FN2/c1-9-7-13(17-14(2,3)4)16-12-6-5-10(15)8-11(9)12/h5-8H,1-4H3,(H,16,17). The zero-order valence-electron chi connectivity index (χ0n) is 10.6. The number of nitrogens with zero attached hydrogens (tertiary/aromatic N) is 1. The quantitative estimate of drug-likeness (QED) is 0.806. The van der Waals surface area contributed by atoms with Gasteiger partial charge < -0.3 is 5.32 Å². The monoisotopic (exact) mass is 232 g/mol.